The molecule has 1 radical (unpaired) electrons. The first kappa shape index (κ1) is 14.7. The maximum atomic E-state index is 11.7. The van der Waals surface area contributed by atoms with Crippen LogP contribution in [0.1, 0.15) is 34.8 Å². The SMILES string of the molecule is COC(C)C[CH]OOC(=O)c1cc(C)cc(C)c1. The van der Waals surface area contributed by atoms with Crippen molar-refractivity contribution in [1.29, 1.82) is 0 Å². The van der Waals surface area contributed by atoms with Gasteiger partial charge in [-0.15, -0.1) is 0 Å². The molecule has 0 saturated heterocycles. The summed E-state index contributed by atoms with van der Waals surface area (Å²) in [5.41, 5.74) is 2.51. The minimum Gasteiger partial charge on any atom is -0.382 e. The summed E-state index contributed by atoms with van der Waals surface area (Å²) in [6.45, 7) is 7.16. The van der Waals surface area contributed by atoms with Crippen molar-refractivity contribution in [2.75, 3.05) is 7.11 Å². The Morgan fingerprint density at radius 2 is 1.89 bits per heavy atom. The molecular formula is C14H19O4. The first-order valence-corrected chi connectivity index (χ1v) is 5.83. The van der Waals surface area contributed by atoms with Crippen LogP contribution >= 0.6 is 0 Å². The Kier molecular flexibility index (Phi) is 5.82. The Balaban J connectivity index is 2.41. The molecule has 99 valence electrons. The van der Waals surface area contributed by atoms with Gasteiger partial charge < -0.3 is 4.74 Å². The van der Waals surface area contributed by atoms with E-state index in [9.17, 15) is 4.79 Å². The molecule has 0 aliphatic carbocycles. The van der Waals surface area contributed by atoms with Crippen LogP contribution in [0.15, 0.2) is 18.2 Å². The molecule has 18 heavy (non-hydrogen) atoms. The van der Waals surface area contributed by atoms with Gasteiger partial charge in [-0.3, -0.25) is 4.89 Å². The molecule has 0 heterocycles. The number of hydrogen-bond acceptors (Lipinski definition) is 4. The van der Waals surface area contributed by atoms with E-state index in [1.165, 1.54) is 6.61 Å². The van der Waals surface area contributed by atoms with Gasteiger partial charge in [-0.25, -0.2) is 4.79 Å². The molecular weight excluding hydrogens is 232 g/mol. The predicted molar refractivity (Wildman–Crippen MR) is 67.8 cm³/mol. The highest BCUT2D eigenvalue weighted by Gasteiger charge is 2.10. The Labute approximate surface area is 108 Å². The highest BCUT2D eigenvalue weighted by Crippen LogP contribution is 2.11. The fourth-order valence-electron chi connectivity index (χ4n) is 1.49. The topological polar surface area (TPSA) is 44.8 Å². The number of aryl methyl sites for hydroxylation is 2. The van der Waals surface area contributed by atoms with E-state index in [4.69, 9.17) is 9.62 Å². The van der Waals surface area contributed by atoms with Crippen LogP contribution in [0.5, 0.6) is 0 Å². The van der Waals surface area contributed by atoms with Crippen LogP contribution in [0.2, 0.25) is 0 Å². The van der Waals surface area contributed by atoms with E-state index < -0.39 is 5.97 Å². The van der Waals surface area contributed by atoms with Crippen LogP contribution < -0.4 is 0 Å². The third-order valence-electron chi connectivity index (χ3n) is 2.48. The fraction of sp³-hybridized carbons (Fsp3) is 0.429. The molecule has 0 aliphatic heterocycles. The lowest BCUT2D eigenvalue weighted by atomic mass is 10.1. The number of ether oxygens (including phenoxy) is 1. The molecule has 0 N–H and O–H groups in total. The lowest BCUT2D eigenvalue weighted by molar-refractivity contribution is -0.215. The van der Waals surface area contributed by atoms with Gasteiger partial charge in [-0.1, -0.05) is 17.2 Å². The van der Waals surface area contributed by atoms with Crippen LogP contribution in [-0.2, 0) is 14.5 Å². The lowest BCUT2D eigenvalue weighted by Crippen LogP contribution is -2.09. The summed E-state index contributed by atoms with van der Waals surface area (Å²) in [6.07, 6.45) is 0.585. The number of carbonyl (C=O) groups excluding carboxylic acids is 1. The minimum absolute atomic E-state index is 0.0323. The normalized spacial score (nSPS) is 12.2. The van der Waals surface area contributed by atoms with Crippen molar-refractivity contribution in [2.45, 2.75) is 33.3 Å². The molecule has 0 saturated carbocycles. The summed E-state index contributed by atoms with van der Waals surface area (Å²) in [6, 6.07) is 5.51. The Hall–Kier alpha value is -1.39. The molecule has 4 nitrogen and oxygen atoms in total. The average molecular weight is 251 g/mol. The van der Waals surface area contributed by atoms with Crippen molar-refractivity contribution >= 4 is 5.97 Å². The maximum Gasteiger partial charge on any atom is 0.373 e. The van der Waals surface area contributed by atoms with E-state index >= 15 is 0 Å². The predicted octanol–water partition coefficient (Wildman–Crippen LogP) is 2.98. The molecule has 1 aromatic carbocycles. The second-order valence-electron chi connectivity index (χ2n) is 4.29. The molecule has 1 rings (SSSR count). The highest BCUT2D eigenvalue weighted by molar-refractivity contribution is 5.89. The molecule has 1 atom stereocenters. The van der Waals surface area contributed by atoms with Gasteiger partial charge in [0.15, 0.2) is 0 Å². The molecule has 0 aliphatic rings. The van der Waals surface area contributed by atoms with Crippen LogP contribution in [0.3, 0.4) is 0 Å². The summed E-state index contributed by atoms with van der Waals surface area (Å²) in [5.74, 6) is -0.497. The number of benzene rings is 1. The molecule has 0 fully saturated rings. The quantitative estimate of drug-likeness (QED) is 0.443. The number of carbonyl (C=O) groups is 1. The zero-order chi connectivity index (χ0) is 13.5. The third kappa shape index (κ3) is 4.85. The smallest absolute Gasteiger partial charge is 0.373 e. The van der Waals surface area contributed by atoms with Crippen molar-refractivity contribution < 1.29 is 19.3 Å². The Bertz CT molecular complexity index is 381. The number of methoxy groups -OCH3 is 1. The van der Waals surface area contributed by atoms with Crippen molar-refractivity contribution in [3.8, 4) is 0 Å². The van der Waals surface area contributed by atoms with Crippen LogP contribution in [0, 0.1) is 20.5 Å². The van der Waals surface area contributed by atoms with Crippen LogP contribution in [-0.4, -0.2) is 19.2 Å². The van der Waals surface area contributed by atoms with Gasteiger partial charge >= 0.3 is 5.97 Å². The molecule has 1 aromatic rings. The maximum absolute atomic E-state index is 11.7. The van der Waals surface area contributed by atoms with Crippen molar-refractivity contribution in [3.05, 3.63) is 41.5 Å². The Morgan fingerprint density at radius 3 is 2.44 bits per heavy atom. The molecule has 4 heteroatoms. The highest BCUT2D eigenvalue weighted by atomic mass is 17.2. The minimum atomic E-state index is -0.497. The lowest BCUT2D eigenvalue weighted by Gasteiger charge is -2.08. The monoisotopic (exact) mass is 251 g/mol. The van der Waals surface area contributed by atoms with Crippen LogP contribution in [0.4, 0.5) is 0 Å². The second-order valence-corrected chi connectivity index (χ2v) is 4.29. The van der Waals surface area contributed by atoms with E-state index in [2.05, 4.69) is 4.89 Å². The zero-order valence-corrected chi connectivity index (χ0v) is 11.2. The first-order valence-electron chi connectivity index (χ1n) is 5.83. The van der Waals surface area contributed by atoms with Gasteiger partial charge in [-0.05, 0) is 32.9 Å². The van der Waals surface area contributed by atoms with E-state index in [1.807, 2.05) is 26.8 Å². The summed E-state index contributed by atoms with van der Waals surface area (Å²) in [7, 11) is 1.61. The summed E-state index contributed by atoms with van der Waals surface area (Å²) in [5, 5.41) is 0. The number of hydrogen-bond donors (Lipinski definition) is 0. The summed E-state index contributed by atoms with van der Waals surface area (Å²) >= 11 is 0. The fourth-order valence-corrected chi connectivity index (χ4v) is 1.49. The number of rotatable bonds is 6. The van der Waals surface area contributed by atoms with Gasteiger partial charge in [0.05, 0.1) is 11.7 Å². The van der Waals surface area contributed by atoms with E-state index in [0.717, 1.165) is 11.1 Å². The zero-order valence-electron chi connectivity index (χ0n) is 11.2. The van der Waals surface area contributed by atoms with Gasteiger partial charge in [0, 0.05) is 13.5 Å². The van der Waals surface area contributed by atoms with E-state index in [1.54, 1.807) is 19.2 Å². The molecule has 0 spiro atoms. The van der Waals surface area contributed by atoms with Gasteiger partial charge in [0.25, 0.3) is 0 Å². The Morgan fingerprint density at radius 1 is 1.28 bits per heavy atom. The van der Waals surface area contributed by atoms with Gasteiger partial charge in [0.2, 0.25) is 0 Å². The van der Waals surface area contributed by atoms with E-state index in [-0.39, 0.29) is 6.10 Å². The van der Waals surface area contributed by atoms with Crippen molar-refractivity contribution in [3.63, 3.8) is 0 Å². The van der Waals surface area contributed by atoms with Gasteiger partial charge in [0.1, 0.15) is 6.61 Å². The molecule has 0 amide bonds. The van der Waals surface area contributed by atoms with Crippen LogP contribution in [0.25, 0.3) is 0 Å². The van der Waals surface area contributed by atoms with E-state index in [0.29, 0.717) is 12.0 Å². The first-order chi connectivity index (χ1) is 8.52. The molecule has 1 unspecified atom stereocenters. The largest absolute Gasteiger partial charge is 0.382 e. The van der Waals surface area contributed by atoms with Crippen molar-refractivity contribution in [2.24, 2.45) is 0 Å². The molecule has 0 aromatic heterocycles. The van der Waals surface area contributed by atoms with Crippen molar-refractivity contribution in [1.82, 2.24) is 0 Å². The standard InChI is InChI=1S/C14H19O4/c1-10-7-11(2)9-13(8-10)14(15)18-17-6-5-12(3)16-4/h6-9,12H,5H2,1-4H3. The summed E-state index contributed by atoms with van der Waals surface area (Å²) < 4.78 is 5.02. The third-order valence-corrected chi connectivity index (χ3v) is 2.48. The van der Waals surface area contributed by atoms with Gasteiger partial charge in [-0.2, -0.15) is 4.89 Å². The summed E-state index contributed by atoms with van der Waals surface area (Å²) in [4.78, 5) is 21.1. The average Bonchev–Trinajstić information content (AvgIpc) is 2.32. The molecule has 0 bridgehead atoms. The second kappa shape index (κ2) is 7.13.